The highest BCUT2D eigenvalue weighted by atomic mass is 16.2. The number of carbonyl (C=O) groups excluding carboxylic acids is 2. The quantitative estimate of drug-likeness (QED) is 0.431. The molecule has 7 heteroatoms. The molecule has 1 saturated heterocycles. The molecule has 1 aliphatic heterocycles. The van der Waals surface area contributed by atoms with Crippen LogP contribution in [0.15, 0.2) is 73.1 Å². The highest BCUT2D eigenvalue weighted by Crippen LogP contribution is 2.19. The van der Waals surface area contributed by atoms with Gasteiger partial charge in [0.1, 0.15) is 0 Å². The molecule has 3 N–H and O–H groups in total. The van der Waals surface area contributed by atoms with Crippen molar-refractivity contribution in [3.8, 4) is 11.1 Å². The van der Waals surface area contributed by atoms with E-state index in [0.29, 0.717) is 36.2 Å². The molecule has 0 radical (unpaired) electrons. The molecule has 0 unspecified atom stereocenters. The lowest BCUT2D eigenvalue weighted by atomic mass is 9.96. The average Bonchev–Trinajstić information content (AvgIpc) is 2.96. The first kappa shape index (κ1) is 28.0. The fraction of sp³-hybridized carbons (Fsp3) is 0.367. The first-order valence-corrected chi connectivity index (χ1v) is 12.8. The summed E-state index contributed by atoms with van der Waals surface area (Å²) in [5, 5.41) is 13.1. The van der Waals surface area contributed by atoms with Crippen molar-refractivity contribution in [2.75, 3.05) is 26.7 Å². The Labute approximate surface area is 219 Å². The standard InChI is InChI=1S/C29H34N4O2.CH4O/c1-21(2)33-16-12-22(13-17-33)19-31-29(35)27-5-3-4-23(18-27)20-32-28(34)26-8-6-24(7-9-26)25-10-14-30-15-11-25;1-2/h3-11,14-15,18,21-22H,12-13,16-17,19-20H2,1-2H3,(H,31,35)(H,32,34);2H,1H3. The zero-order chi connectivity index (χ0) is 26.6. The molecule has 0 atom stereocenters. The van der Waals surface area contributed by atoms with Crippen LogP contribution in [0.2, 0.25) is 0 Å². The monoisotopic (exact) mass is 502 g/mol. The molecule has 7 nitrogen and oxygen atoms in total. The fourth-order valence-corrected chi connectivity index (χ4v) is 4.48. The number of likely N-dealkylation sites (tertiary alicyclic amines) is 1. The van der Waals surface area contributed by atoms with Gasteiger partial charge in [0.2, 0.25) is 0 Å². The van der Waals surface area contributed by atoms with E-state index >= 15 is 0 Å². The van der Waals surface area contributed by atoms with Crippen LogP contribution in [0.4, 0.5) is 0 Å². The van der Waals surface area contributed by atoms with Crippen LogP contribution in [-0.4, -0.2) is 59.6 Å². The Morgan fingerprint density at radius 3 is 2.16 bits per heavy atom. The van der Waals surface area contributed by atoms with Gasteiger partial charge in [-0.05, 0) is 98.8 Å². The average molecular weight is 503 g/mol. The van der Waals surface area contributed by atoms with Crippen LogP contribution < -0.4 is 10.6 Å². The topological polar surface area (TPSA) is 94.6 Å². The Bertz CT molecular complexity index is 1130. The molecule has 2 amide bonds. The maximum absolute atomic E-state index is 12.7. The van der Waals surface area contributed by atoms with Crippen LogP contribution in [0, 0.1) is 5.92 Å². The van der Waals surface area contributed by atoms with Crippen LogP contribution in [0.25, 0.3) is 11.1 Å². The second kappa shape index (κ2) is 14.3. The number of carbonyl (C=O) groups is 2. The fourth-order valence-electron chi connectivity index (χ4n) is 4.48. The van der Waals surface area contributed by atoms with E-state index in [1.165, 1.54) is 0 Å². The SMILES string of the molecule is CC(C)N1CCC(CNC(=O)c2cccc(CNC(=O)c3ccc(-c4ccncc4)cc3)c2)CC1.CO. The van der Waals surface area contributed by atoms with Gasteiger partial charge >= 0.3 is 0 Å². The van der Waals surface area contributed by atoms with Crippen molar-refractivity contribution in [3.63, 3.8) is 0 Å². The third-order valence-electron chi connectivity index (χ3n) is 6.73. The van der Waals surface area contributed by atoms with E-state index in [0.717, 1.165) is 49.7 Å². The molecule has 0 saturated carbocycles. The Hall–Kier alpha value is -3.55. The number of nitrogens with one attached hydrogen (secondary N) is 2. The van der Waals surface area contributed by atoms with E-state index < -0.39 is 0 Å². The number of aliphatic hydroxyl groups is 1. The highest BCUT2D eigenvalue weighted by Gasteiger charge is 2.21. The van der Waals surface area contributed by atoms with Crippen molar-refractivity contribution >= 4 is 11.8 Å². The Kier molecular flexibility index (Phi) is 10.8. The summed E-state index contributed by atoms with van der Waals surface area (Å²) in [6, 6.07) is 19.4. The summed E-state index contributed by atoms with van der Waals surface area (Å²) in [6.45, 7) is 7.73. The van der Waals surface area contributed by atoms with E-state index in [1.807, 2.05) is 60.7 Å². The van der Waals surface area contributed by atoms with E-state index in [9.17, 15) is 9.59 Å². The van der Waals surface area contributed by atoms with Crippen LogP contribution in [-0.2, 0) is 6.54 Å². The summed E-state index contributed by atoms with van der Waals surface area (Å²) in [6.07, 6.45) is 5.74. The molecule has 2 aromatic carbocycles. The van der Waals surface area contributed by atoms with E-state index in [-0.39, 0.29) is 11.8 Å². The Balaban J connectivity index is 0.00000186. The molecule has 4 rings (SSSR count). The number of hydrogen-bond acceptors (Lipinski definition) is 5. The van der Waals surface area contributed by atoms with Gasteiger partial charge in [0, 0.05) is 49.8 Å². The molecule has 1 aliphatic rings. The van der Waals surface area contributed by atoms with Crippen LogP contribution in [0.3, 0.4) is 0 Å². The Morgan fingerprint density at radius 1 is 0.892 bits per heavy atom. The van der Waals surface area contributed by atoms with Crippen molar-refractivity contribution in [2.24, 2.45) is 5.92 Å². The van der Waals surface area contributed by atoms with Gasteiger partial charge in [-0.3, -0.25) is 14.6 Å². The molecule has 196 valence electrons. The van der Waals surface area contributed by atoms with Crippen LogP contribution >= 0.6 is 0 Å². The summed E-state index contributed by atoms with van der Waals surface area (Å²) < 4.78 is 0. The molecule has 0 aliphatic carbocycles. The van der Waals surface area contributed by atoms with Gasteiger partial charge in [0.25, 0.3) is 11.8 Å². The third kappa shape index (κ3) is 8.23. The molecule has 1 aromatic heterocycles. The maximum atomic E-state index is 12.7. The van der Waals surface area contributed by atoms with E-state index in [4.69, 9.17) is 5.11 Å². The molecule has 0 bridgehead atoms. The molecule has 0 spiro atoms. The second-order valence-electron chi connectivity index (χ2n) is 9.48. The minimum Gasteiger partial charge on any atom is -0.400 e. The van der Waals surface area contributed by atoms with Gasteiger partial charge in [0.15, 0.2) is 0 Å². The molecule has 1 fully saturated rings. The number of benzene rings is 2. The normalized spacial score (nSPS) is 14.0. The molecule has 2 heterocycles. The Morgan fingerprint density at radius 2 is 1.51 bits per heavy atom. The maximum Gasteiger partial charge on any atom is 0.251 e. The first-order chi connectivity index (χ1) is 18.0. The largest absolute Gasteiger partial charge is 0.400 e. The number of aromatic nitrogens is 1. The van der Waals surface area contributed by atoms with E-state index in [1.54, 1.807) is 12.4 Å². The molecular weight excluding hydrogens is 464 g/mol. The number of rotatable bonds is 8. The summed E-state index contributed by atoms with van der Waals surface area (Å²) in [5.74, 6) is 0.325. The summed E-state index contributed by atoms with van der Waals surface area (Å²) in [7, 11) is 1.00. The minimum atomic E-state index is -0.145. The second-order valence-corrected chi connectivity index (χ2v) is 9.48. The number of aliphatic hydroxyl groups excluding tert-OH is 1. The lowest BCUT2D eigenvalue weighted by molar-refractivity contribution is 0.0928. The lowest BCUT2D eigenvalue weighted by Gasteiger charge is -2.34. The molecular formula is C30H38N4O3. The zero-order valence-corrected chi connectivity index (χ0v) is 22.0. The summed E-state index contributed by atoms with van der Waals surface area (Å²) >= 11 is 0. The van der Waals surface area contributed by atoms with Crippen molar-refractivity contribution in [1.82, 2.24) is 20.5 Å². The lowest BCUT2D eigenvalue weighted by Crippen LogP contribution is -2.41. The van der Waals surface area contributed by atoms with Gasteiger partial charge in [-0.25, -0.2) is 0 Å². The van der Waals surface area contributed by atoms with Crippen LogP contribution in [0.5, 0.6) is 0 Å². The number of amides is 2. The van der Waals surface area contributed by atoms with Gasteiger partial charge in [0.05, 0.1) is 0 Å². The van der Waals surface area contributed by atoms with Crippen molar-refractivity contribution in [2.45, 2.75) is 39.3 Å². The number of hydrogen-bond donors (Lipinski definition) is 3. The highest BCUT2D eigenvalue weighted by molar-refractivity contribution is 5.95. The molecule has 3 aromatic rings. The summed E-state index contributed by atoms with van der Waals surface area (Å²) in [4.78, 5) is 31.9. The molecule has 37 heavy (non-hydrogen) atoms. The van der Waals surface area contributed by atoms with Crippen molar-refractivity contribution in [3.05, 3.63) is 89.7 Å². The minimum absolute atomic E-state index is 0.0591. The predicted octanol–water partition coefficient (Wildman–Crippen LogP) is 4.14. The predicted molar refractivity (Wildman–Crippen MR) is 147 cm³/mol. The van der Waals surface area contributed by atoms with Gasteiger partial charge < -0.3 is 20.6 Å². The van der Waals surface area contributed by atoms with Gasteiger partial charge in [-0.15, -0.1) is 0 Å². The first-order valence-electron chi connectivity index (χ1n) is 12.8. The number of nitrogens with zero attached hydrogens (tertiary/aromatic N) is 2. The summed E-state index contributed by atoms with van der Waals surface area (Å²) in [5.41, 5.74) is 4.21. The van der Waals surface area contributed by atoms with Gasteiger partial charge in [-0.1, -0.05) is 24.3 Å². The smallest absolute Gasteiger partial charge is 0.251 e. The van der Waals surface area contributed by atoms with Crippen molar-refractivity contribution < 1.29 is 14.7 Å². The number of piperidine rings is 1. The van der Waals surface area contributed by atoms with Gasteiger partial charge in [-0.2, -0.15) is 0 Å². The van der Waals surface area contributed by atoms with Crippen molar-refractivity contribution in [1.29, 1.82) is 0 Å². The zero-order valence-electron chi connectivity index (χ0n) is 22.0. The number of pyridine rings is 1. The van der Waals surface area contributed by atoms with Crippen LogP contribution in [0.1, 0.15) is 53.0 Å². The third-order valence-corrected chi connectivity index (χ3v) is 6.73. The van der Waals surface area contributed by atoms with E-state index in [2.05, 4.69) is 34.4 Å².